The first kappa shape index (κ1) is 13.9. The van der Waals surface area contributed by atoms with E-state index in [0.717, 1.165) is 25.3 Å². The molecule has 3 N–H and O–H groups in total. The van der Waals surface area contributed by atoms with Crippen molar-refractivity contribution in [3.05, 3.63) is 0 Å². The molecule has 2 rings (SSSR count). The monoisotopic (exact) mass is 252 g/mol. The molecule has 2 unspecified atom stereocenters. The molecule has 0 heterocycles. The Morgan fingerprint density at radius 1 is 1.22 bits per heavy atom. The molecule has 1 amide bonds. The number of rotatable bonds is 4. The first-order valence-corrected chi connectivity index (χ1v) is 7.65. The number of carbonyl (C=O) groups excluding carboxylic acids is 1. The summed E-state index contributed by atoms with van der Waals surface area (Å²) in [5.74, 6) is 1.62. The van der Waals surface area contributed by atoms with E-state index in [1.54, 1.807) is 0 Å². The summed E-state index contributed by atoms with van der Waals surface area (Å²) in [7, 11) is 0. The zero-order valence-corrected chi connectivity index (χ0v) is 11.7. The van der Waals surface area contributed by atoms with Crippen molar-refractivity contribution in [1.29, 1.82) is 0 Å². The Bertz CT molecular complexity index is 284. The third-order valence-electron chi connectivity index (χ3n) is 4.96. The molecule has 0 aromatic heterocycles. The van der Waals surface area contributed by atoms with E-state index in [9.17, 15) is 4.79 Å². The third kappa shape index (κ3) is 3.71. The fourth-order valence-electron chi connectivity index (χ4n) is 3.59. The topological polar surface area (TPSA) is 55.1 Å². The predicted molar refractivity (Wildman–Crippen MR) is 74.1 cm³/mol. The molecule has 0 saturated heterocycles. The van der Waals surface area contributed by atoms with E-state index in [2.05, 4.69) is 12.2 Å². The fourth-order valence-corrected chi connectivity index (χ4v) is 3.59. The highest BCUT2D eigenvalue weighted by atomic mass is 16.1. The number of hydrogen-bond acceptors (Lipinski definition) is 2. The molecule has 3 nitrogen and oxygen atoms in total. The Labute approximate surface area is 111 Å². The summed E-state index contributed by atoms with van der Waals surface area (Å²) in [6.45, 7) is 3.16. The number of hydrogen-bond donors (Lipinski definition) is 2. The van der Waals surface area contributed by atoms with Crippen molar-refractivity contribution >= 4 is 5.91 Å². The quantitative estimate of drug-likeness (QED) is 0.808. The molecule has 0 aromatic carbocycles. The van der Waals surface area contributed by atoms with E-state index in [4.69, 9.17) is 5.73 Å². The van der Waals surface area contributed by atoms with Gasteiger partial charge in [0.05, 0.1) is 0 Å². The minimum absolute atomic E-state index is 0.165. The SMILES string of the molecule is CC1CCCC1CNC(=O)CC1(N)CCCCC1. The van der Waals surface area contributed by atoms with Crippen LogP contribution in [0.5, 0.6) is 0 Å². The molecule has 0 bridgehead atoms. The smallest absolute Gasteiger partial charge is 0.221 e. The second-order valence-electron chi connectivity index (χ2n) is 6.57. The lowest BCUT2D eigenvalue weighted by Crippen LogP contribution is -2.46. The number of amides is 1. The predicted octanol–water partition coefficient (Wildman–Crippen LogP) is 2.59. The lowest BCUT2D eigenvalue weighted by molar-refractivity contribution is -0.122. The van der Waals surface area contributed by atoms with Gasteiger partial charge >= 0.3 is 0 Å². The van der Waals surface area contributed by atoms with E-state index in [1.807, 2.05) is 0 Å². The van der Waals surface area contributed by atoms with Crippen molar-refractivity contribution < 1.29 is 4.79 Å². The summed E-state index contributed by atoms with van der Waals surface area (Å²) in [6, 6.07) is 0. The van der Waals surface area contributed by atoms with E-state index < -0.39 is 0 Å². The van der Waals surface area contributed by atoms with Crippen molar-refractivity contribution in [2.45, 2.75) is 70.3 Å². The van der Waals surface area contributed by atoms with Gasteiger partial charge in [-0.2, -0.15) is 0 Å². The summed E-state index contributed by atoms with van der Waals surface area (Å²) in [4.78, 5) is 12.0. The van der Waals surface area contributed by atoms with Crippen molar-refractivity contribution in [2.75, 3.05) is 6.54 Å². The Kier molecular flexibility index (Phi) is 4.66. The minimum atomic E-state index is -0.219. The van der Waals surface area contributed by atoms with Crippen LogP contribution in [-0.2, 0) is 4.79 Å². The van der Waals surface area contributed by atoms with Crippen molar-refractivity contribution in [3.63, 3.8) is 0 Å². The van der Waals surface area contributed by atoms with Gasteiger partial charge in [-0.05, 0) is 31.1 Å². The molecule has 2 saturated carbocycles. The average molecular weight is 252 g/mol. The van der Waals surface area contributed by atoms with Crippen molar-refractivity contribution in [3.8, 4) is 0 Å². The van der Waals surface area contributed by atoms with Gasteiger partial charge in [0, 0.05) is 18.5 Å². The highest BCUT2D eigenvalue weighted by Gasteiger charge is 2.30. The van der Waals surface area contributed by atoms with Crippen molar-refractivity contribution in [1.82, 2.24) is 5.32 Å². The Hall–Kier alpha value is -0.570. The summed E-state index contributed by atoms with van der Waals surface area (Å²) in [5, 5.41) is 3.11. The summed E-state index contributed by atoms with van der Waals surface area (Å²) < 4.78 is 0. The molecule has 0 aliphatic heterocycles. The number of nitrogens with two attached hydrogens (primary N) is 1. The molecular formula is C15H28N2O. The molecule has 0 radical (unpaired) electrons. The molecule has 18 heavy (non-hydrogen) atoms. The van der Waals surface area contributed by atoms with E-state index >= 15 is 0 Å². The van der Waals surface area contributed by atoms with Crippen LogP contribution < -0.4 is 11.1 Å². The van der Waals surface area contributed by atoms with Crippen LogP contribution in [0.1, 0.15) is 64.7 Å². The summed E-state index contributed by atoms with van der Waals surface area (Å²) >= 11 is 0. The minimum Gasteiger partial charge on any atom is -0.356 e. The second kappa shape index (κ2) is 6.05. The summed E-state index contributed by atoms with van der Waals surface area (Å²) in [5.41, 5.74) is 6.09. The van der Waals surface area contributed by atoms with Crippen LogP contribution in [0, 0.1) is 11.8 Å². The van der Waals surface area contributed by atoms with Crippen molar-refractivity contribution in [2.24, 2.45) is 17.6 Å². The lowest BCUT2D eigenvalue weighted by atomic mass is 9.80. The van der Waals surface area contributed by atoms with Gasteiger partial charge in [-0.15, -0.1) is 0 Å². The highest BCUT2D eigenvalue weighted by Crippen LogP contribution is 2.31. The van der Waals surface area contributed by atoms with Gasteiger partial charge in [0.2, 0.25) is 5.91 Å². The van der Waals surface area contributed by atoms with Gasteiger partial charge in [0.1, 0.15) is 0 Å². The number of carbonyl (C=O) groups is 1. The van der Waals surface area contributed by atoms with Gasteiger partial charge < -0.3 is 11.1 Å². The molecule has 104 valence electrons. The molecule has 2 atom stereocenters. The maximum Gasteiger partial charge on any atom is 0.221 e. The van der Waals surface area contributed by atoms with Crippen LogP contribution in [0.2, 0.25) is 0 Å². The third-order valence-corrected chi connectivity index (χ3v) is 4.96. The summed E-state index contributed by atoms with van der Waals surface area (Å²) in [6.07, 6.45) is 10.1. The Balaban J connectivity index is 1.71. The van der Waals surface area contributed by atoms with E-state index in [0.29, 0.717) is 12.3 Å². The van der Waals surface area contributed by atoms with Gasteiger partial charge in [0.15, 0.2) is 0 Å². The molecule has 2 aliphatic carbocycles. The molecule has 0 aromatic rings. The van der Waals surface area contributed by atoms with E-state index in [-0.39, 0.29) is 11.4 Å². The first-order valence-electron chi connectivity index (χ1n) is 7.65. The first-order chi connectivity index (χ1) is 8.59. The second-order valence-corrected chi connectivity index (χ2v) is 6.57. The molecule has 0 spiro atoms. The molecule has 3 heteroatoms. The average Bonchev–Trinajstić information content (AvgIpc) is 2.72. The Morgan fingerprint density at radius 3 is 2.56 bits per heavy atom. The van der Waals surface area contributed by atoms with Crippen LogP contribution in [0.3, 0.4) is 0 Å². The van der Waals surface area contributed by atoms with Crippen LogP contribution in [0.4, 0.5) is 0 Å². The van der Waals surface area contributed by atoms with Gasteiger partial charge in [0.25, 0.3) is 0 Å². The largest absolute Gasteiger partial charge is 0.356 e. The van der Waals surface area contributed by atoms with E-state index in [1.165, 1.54) is 38.5 Å². The standard InChI is InChI=1S/C15H28N2O/c1-12-6-5-7-13(12)11-17-14(18)10-15(16)8-3-2-4-9-15/h12-13H,2-11,16H2,1H3,(H,17,18). The maximum atomic E-state index is 12.0. The van der Waals surface area contributed by atoms with Crippen LogP contribution >= 0.6 is 0 Å². The molecule has 2 aliphatic rings. The zero-order valence-electron chi connectivity index (χ0n) is 11.7. The number of nitrogens with one attached hydrogen (secondary N) is 1. The Morgan fingerprint density at radius 2 is 1.94 bits per heavy atom. The van der Waals surface area contributed by atoms with Gasteiger partial charge in [-0.25, -0.2) is 0 Å². The van der Waals surface area contributed by atoms with Gasteiger partial charge in [-0.1, -0.05) is 39.0 Å². The van der Waals surface area contributed by atoms with Crippen LogP contribution in [0.15, 0.2) is 0 Å². The normalized spacial score (nSPS) is 31.2. The van der Waals surface area contributed by atoms with Crippen LogP contribution in [-0.4, -0.2) is 18.0 Å². The molecular weight excluding hydrogens is 224 g/mol. The van der Waals surface area contributed by atoms with Crippen LogP contribution in [0.25, 0.3) is 0 Å². The lowest BCUT2D eigenvalue weighted by Gasteiger charge is -2.33. The van der Waals surface area contributed by atoms with Gasteiger partial charge in [-0.3, -0.25) is 4.79 Å². The fraction of sp³-hybridized carbons (Fsp3) is 0.933. The molecule has 2 fully saturated rings. The zero-order chi connectivity index (χ0) is 13.0. The maximum absolute atomic E-state index is 12.0. The highest BCUT2D eigenvalue weighted by molar-refractivity contribution is 5.77.